The predicted molar refractivity (Wildman–Crippen MR) is 129 cm³/mol. The Morgan fingerprint density at radius 3 is 2.20 bits per heavy atom. The second-order valence-electron chi connectivity index (χ2n) is 8.30. The lowest BCUT2D eigenvalue weighted by molar-refractivity contribution is -0.118. The number of hydrogen-bond donors (Lipinski definition) is 3. The van der Waals surface area contributed by atoms with Gasteiger partial charge in [-0.3, -0.25) is 4.79 Å². The van der Waals surface area contributed by atoms with E-state index in [0.717, 1.165) is 34.4 Å². The van der Waals surface area contributed by atoms with E-state index in [1.54, 1.807) is 0 Å². The van der Waals surface area contributed by atoms with Crippen molar-refractivity contribution < 1.29 is 28.6 Å². The molecule has 0 spiro atoms. The molecular formula is C27H25FN2O5. The summed E-state index contributed by atoms with van der Waals surface area (Å²) >= 11 is 0. The van der Waals surface area contributed by atoms with Gasteiger partial charge in [-0.15, -0.1) is 0 Å². The van der Waals surface area contributed by atoms with Crippen molar-refractivity contribution in [2.75, 3.05) is 11.9 Å². The minimum absolute atomic E-state index is 0.0907. The van der Waals surface area contributed by atoms with Crippen molar-refractivity contribution in [2.24, 2.45) is 0 Å². The molecule has 180 valence electrons. The van der Waals surface area contributed by atoms with Crippen LogP contribution in [0.5, 0.6) is 0 Å². The van der Waals surface area contributed by atoms with Crippen molar-refractivity contribution in [1.82, 2.24) is 5.32 Å². The Balaban J connectivity index is 1.40. The Bertz CT molecular complexity index is 1230. The Morgan fingerprint density at radius 1 is 1.00 bits per heavy atom. The third kappa shape index (κ3) is 5.16. The molecule has 0 aliphatic heterocycles. The molecule has 8 heteroatoms. The van der Waals surface area contributed by atoms with E-state index in [0.29, 0.717) is 12.8 Å². The van der Waals surface area contributed by atoms with Crippen LogP contribution in [0, 0.1) is 5.82 Å². The summed E-state index contributed by atoms with van der Waals surface area (Å²) in [6.45, 7) is 1.98. The number of rotatable bonds is 8. The number of aromatic carboxylic acids is 1. The predicted octanol–water partition coefficient (Wildman–Crippen LogP) is 5.17. The molecule has 0 saturated carbocycles. The highest BCUT2D eigenvalue weighted by Crippen LogP contribution is 2.44. The van der Waals surface area contributed by atoms with Crippen molar-refractivity contribution in [3.63, 3.8) is 0 Å². The Hall–Kier alpha value is -4.20. The van der Waals surface area contributed by atoms with Crippen molar-refractivity contribution in [3.05, 3.63) is 89.2 Å². The van der Waals surface area contributed by atoms with Gasteiger partial charge in [0.1, 0.15) is 18.5 Å². The molecule has 1 atom stereocenters. The number of alkyl carbamates (subject to hydrolysis) is 1. The molecule has 0 fully saturated rings. The lowest BCUT2D eigenvalue weighted by Crippen LogP contribution is -2.44. The summed E-state index contributed by atoms with van der Waals surface area (Å²) in [6.07, 6.45) is 0.215. The maximum absolute atomic E-state index is 13.9. The van der Waals surface area contributed by atoms with E-state index in [9.17, 15) is 18.8 Å². The first kappa shape index (κ1) is 23.9. The molecule has 0 saturated heterocycles. The minimum Gasteiger partial charge on any atom is -0.478 e. The number of halogens is 1. The number of carboxylic acids is 1. The van der Waals surface area contributed by atoms with Gasteiger partial charge >= 0.3 is 12.1 Å². The number of fused-ring (bicyclic) bond motifs is 3. The van der Waals surface area contributed by atoms with Gasteiger partial charge in [0.25, 0.3) is 0 Å². The van der Waals surface area contributed by atoms with Crippen molar-refractivity contribution in [1.29, 1.82) is 0 Å². The van der Waals surface area contributed by atoms with E-state index >= 15 is 0 Å². The van der Waals surface area contributed by atoms with Crippen LogP contribution in [0.3, 0.4) is 0 Å². The van der Waals surface area contributed by atoms with E-state index in [1.165, 1.54) is 6.07 Å². The van der Waals surface area contributed by atoms with Gasteiger partial charge in [-0.1, -0.05) is 61.9 Å². The van der Waals surface area contributed by atoms with Crippen LogP contribution >= 0.6 is 0 Å². The number of benzene rings is 3. The Kier molecular flexibility index (Phi) is 7.10. The maximum atomic E-state index is 13.9. The number of ether oxygens (including phenoxy) is 1. The minimum atomic E-state index is -1.40. The number of carbonyl (C=O) groups is 3. The molecule has 0 bridgehead atoms. The van der Waals surface area contributed by atoms with Gasteiger partial charge in [0.05, 0.1) is 5.56 Å². The molecule has 0 heterocycles. The summed E-state index contributed by atoms with van der Waals surface area (Å²) in [4.78, 5) is 36.3. The van der Waals surface area contributed by atoms with Crippen LogP contribution in [0.25, 0.3) is 11.1 Å². The number of carboxylic acid groups (broad SMARTS) is 1. The number of hydrogen-bond acceptors (Lipinski definition) is 4. The molecule has 7 nitrogen and oxygen atoms in total. The Labute approximate surface area is 201 Å². The topological polar surface area (TPSA) is 105 Å². The SMILES string of the molecule is CCC[C@@H](NC(=O)OCC1c2ccccc2-c2ccccc21)C(=O)Nc1ccc(C(=O)O)c(F)c1. The second-order valence-corrected chi connectivity index (χ2v) is 8.30. The monoisotopic (exact) mass is 476 g/mol. The fourth-order valence-corrected chi connectivity index (χ4v) is 4.34. The first-order valence-electron chi connectivity index (χ1n) is 11.3. The van der Waals surface area contributed by atoms with E-state index in [1.807, 2.05) is 55.5 Å². The summed E-state index contributed by atoms with van der Waals surface area (Å²) in [5.74, 6) is -3.03. The normalized spacial score (nSPS) is 12.9. The summed E-state index contributed by atoms with van der Waals surface area (Å²) in [5.41, 5.74) is 3.98. The van der Waals surface area contributed by atoms with E-state index in [2.05, 4.69) is 10.6 Å². The molecule has 1 aliphatic carbocycles. The second kappa shape index (κ2) is 10.4. The fourth-order valence-electron chi connectivity index (χ4n) is 4.34. The van der Waals surface area contributed by atoms with Crippen LogP contribution in [0.15, 0.2) is 66.7 Å². The van der Waals surface area contributed by atoms with Crippen molar-refractivity contribution in [3.8, 4) is 11.1 Å². The third-order valence-corrected chi connectivity index (χ3v) is 6.00. The highest BCUT2D eigenvalue weighted by Gasteiger charge is 2.29. The first-order chi connectivity index (χ1) is 16.9. The van der Waals surface area contributed by atoms with Gasteiger partial charge < -0.3 is 20.5 Å². The average molecular weight is 477 g/mol. The first-order valence-corrected chi connectivity index (χ1v) is 11.3. The van der Waals surface area contributed by atoms with Crippen LogP contribution < -0.4 is 10.6 Å². The smallest absolute Gasteiger partial charge is 0.407 e. The van der Waals surface area contributed by atoms with Gasteiger partial charge in [0, 0.05) is 11.6 Å². The van der Waals surface area contributed by atoms with E-state index in [4.69, 9.17) is 9.84 Å². The zero-order valence-corrected chi connectivity index (χ0v) is 19.1. The number of nitrogens with one attached hydrogen (secondary N) is 2. The molecule has 3 aromatic carbocycles. The molecule has 2 amide bonds. The standard InChI is InChI=1S/C27H25FN2O5/c1-2-7-24(25(31)29-16-12-13-21(26(32)33)23(28)14-16)30-27(34)35-15-22-19-10-5-3-8-17(19)18-9-4-6-11-20(18)22/h3-6,8-14,22,24H,2,7,15H2,1H3,(H,29,31)(H,30,34)(H,32,33)/t24-/m1/s1. The number of anilines is 1. The summed E-state index contributed by atoms with van der Waals surface area (Å²) in [7, 11) is 0. The summed E-state index contributed by atoms with van der Waals surface area (Å²) in [5, 5.41) is 14.1. The summed E-state index contributed by atoms with van der Waals surface area (Å²) < 4.78 is 19.5. The van der Waals surface area contributed by atoms with Crippen LogP contribution in [0.2, 0.25) is 0 Å². The maximum Gasteiger partial charge on any atom is 0.407 e. The molecule has 1 aliphatic rings. The lowest BCUT2D eigenvalue weighted by atomic mass is 9.98. The van der Waals surface area contributed by atoms with Gasteiger partial charge in [-0.25, -0.2) is 14.0 Å². The van der Waals surface area contributed by atoms with Gasteiger partial charge in [0.2, 0.25) is 5.91 Å². The fraction of sp³-hybridized carbons (Fsp3) is 0.222. The van der Waals surface area contributed by atoms with Crippen LogP contribution in [0.4, 0.5) is 14.9 Å². The zero-order chi connectivity index (χ0) is 24.9. The highest BCUT2D eigenvalue weighted by atomic mass is 19.1. The molecule has 3 aromatic rings. The number of amides is 2. The molecule has 0 unspecified atom stereocenters. The number of carbonyl (C=O) groups excluding carboxylic acids is 2. The lowest BCUT2D eigenvalue weighted by Gasteiger charge is -2.19. The molecular weight excluding hydrogens is 451 g/mol. The molecule has 3 N–H and O–H groups in total. The van der Waals surface area contributed by atoms with Gasteiger partial charge in [-0.05, 0) is 46.9 Å². The van der Waals surface area contributed by atoms with Crippen molar-refractivity contribution >= 4 is 23.7 Å². The van der Waals surface area contributed by atoms with E-state index < -0.39 is 35.4 Å². The quantitative estimate of drug-likeness (QED) is 0.416. The van der Waals surface area contributed by atoms with Crippen LogP contribution in [-0.4, -0.2) is 35.7 Å². The molecule has 0 radical (unpaired) electrons. The third-order valence-electron chi connectivity index (χ3n) is 6.00. The van der Waals surface area contributed by atoms with Gasteiger partial charge in [0.15, 0.2) is 0 Å². The highest BCUT2D eigenvalue weighted by molar-refractivity contribution is 5.97. The molecule has 35 heavy (non-hydrogen) atoms. The average Bonchev–Trinajstić information content (AvgIpc) is 3.16. The van der Waals surface area contributed by atoms with Crippen LogP contribution in [0.1, 0.15) is 47.2 Å². The Morgan fingerprint density at radius 2 is 1.63 bits per heavy atom. The van der Waals surface area contributed by atoms with Gasteiger partial charge in [-0.2, -0.15) is 0 Å². The largest absolute Gasteiger partial charge is 0.478 e. The zero-order valence-electron chi connectivity index (χ0n) is 19.1. The summed E-state index contributed by atoms with van der Waals surface area (Å²) in [6, 6.07) is 18.4. The molecule has 0 aromatic heterocycles. The van der Waals surface area contributed by atoms with Crippen molar-refractivity contribution in [2.45, 2.75) is 31.7 Å². The van der Waals surface area contributed by atoms with E-state index in [-0.39, 0.29) is 18.2 Å². The molecule has 4 rings (SSSR count). The van der Waals surface area contributed by atoms with Crippen LogP contribution in [-0.2, 0) is 9.53 Å².